The number of aliphatic hydroxyl groups is 1. The Morgan fingerprint density at radius 3 is 2.82 bits per heavy atom. The first-order valence-electron chi connectivity index (χ1n) is 5.78. The number of benzene rings is 2. The van der Waals surface area contributed by atoms with E-state index < -0.39 is 6.10 Å². The lowest BCUT2D eigenvalue weighted by Crippen LogP contribution is -2.00. The van der Waals surface area contributed by atoms with E-state index in [0.29, 0.717) is 6.42 Å². The predicted octanol–water partition coefficient (Wildman–Crippen LogP) is 3.38. The minimum Gasteiger partial charge on any atom is -0.457 e. The lowest BCUT2D eigenvalue weighted by atomic mass is 10.0. The molecule has 2 aromatic rings. The normalized spacial score (nSPS) is 17.6. The second-order valence-corrected chi connectivity index (χ2v) is 4.47. The van der Waals surface area contributed by atoms with Gasteiger partial charge in [-0.3, -0.25) is 0 Å². The molecule has 0 radical (unpaired) electrons. The van der Waals surface area contributed by atoms with Crippen molar-refractivity contribution in [1.29, 1.82) is 0 Å². The number of para-hydroxylation sites is 1. The van der Waals surface area contributed by atoms with E-state index in [2.05, 4.69) is 0 Å². The molecule has 1 heterocycles. The van der Waals surface area contributed by atoms with E-state index in [9.17, 15) is 5.11 Å². The Hall–Kier alpha value is -1.80. The van der Waals surface area contributed by atoms with E-state index in [-0.39, 0.29) is 0 Å². The third-order valence-electron chi connectivity index (χ3n) is 3.13. The molecule has 2 heteroatoms. The topological polar surface area (TPSA) is 29.5 Å². The van der Waals surface area contributed by atoms with Gasteiger partial charge in [-0.25, -0.2) is 0 Å². The van der Waals surface area contributed by atoms with Crippen molar-refractivity contribution >= 4 is 0 Å². The van der Waals surface area contributed by atoms with Gasteiger partial charge in [-0.15, -0.1) is 0 Å². The molecule has 2 aromatic carbocycles. The summed E-state index contributed by atoms with van der Waals surface area (Å²) in [5, 5.41) is 10.2. The molecule has 0 bridgehead atoms. The van der Waals surface area contributed by atoms with Gasteiger partial charge in [0.05, 0.1) is 6.10 Å². The smallest absolute Gasteiger partial charge is 0.133 e. The molecular formula is C15H14O2. The van der Waals surface area contributed by atoms with E-state index in [1.807, 2.05) is 49.4 Å². The van der Waals surface area contributed by atoms with Gasteiger partial charge in [-0.1, -0.05) is 29.8 Å². The summed E-state index contributed by atoms with van der Waals surface area (Å²) in [6.45, 7) is 2.02. The van der Waals surface area contributed by atoms with E-state index in [1.54, 1.807) is 0 Å². The van der Waals surface area contributed by atoms with E-state index in [1.165, 1.54) is 0 Å². The van der Waals surface area contributed by atoms with Crippen molar-refractivity contribution in [2.45, 2.75) is 19.4 Å². The minimum atomic E-state index is -0.492. The SMILES string of the molecule is Cc1ccc2c(c1)C(O)Cc1ccccc1O2. The van der Waals surface area contributed by atoms with Crippen LogP contribution in [0.25, 0.3) is 0 Å². The molecule has 0 aromatic heterocycles. The summed E-state index contributed by atoms with van der Waals surface area (Å²) >= 11 is 0. The van der Waals surface area contributed by atoms with Crippen molar-refractivity contribution in [3.63, 3.8) is 0 Å². The summed E-state index contributed by atoms with van der Waals surface area (Å²) in [6.07, 6.45) is 0.112. The van der Waals surface area contributed by atoms with Crippen LogP contribution in [0.4, 0.5) is 0 Å². The predicted molar refractivity (Wildman–Crippen MR) is 66.4 cm³/mol. The van der Waals surface area contributed by atoms with Gasteiger partial charge in [0.25, 0.3) is 0 Å². The largest absolute Gasteiger partial charge is 0.457 e. The number of hydrogen-bond acceptors (Lipinski definition) is 2. The Bertz CT molecular complexity index is 561. The van der Waals surface area contributed by atoms with Gasteiger partial charge in [0.15, 0.2) is 0 Å². The van der Waals surface area contributed by atoms with Crippen LogP contribution >= 0.6 is 0 Å². The van der Waals surface area contributed by atoms with Crippen molar-refractivity contribution in [2.75, 3.05) is 0 Å². The van der Waals surface area contributed by atoms with Gasteiger partial charge >= 0.3 is 0 Å². The summed E-state index contributed by atoms with van der Waals surface area (Å²) in [6, 6.07) is 13.8. The van der Waals surface area contributed by atoms with Crippen LogP contribution in [0.15, 0.2) is 42.5 Å². The Morgan fingerprint density at radius 2 is 1.94 bits per heavy atom. The van der Waals surface area contributed by atoms with Crippen LogP contribution in [0.3, 0.4) is 0 Å². The molecule has 2 nitrogen and oxygen atoms in total. The lowest BCUT2D eigenvalue weighted by molar-refractivity contribution is 0.178. The summed E-state index contributed by atoms with van der Waals surface area (Å²) < 4.78 is 5.87. The molecule has 0 saturated carbocycles. The van der Waals surface area contributed by atoms with Gasteiger partial charge in [-0.2, -0.15) is 0 Å². The van der Waals surface area contributed by atoms with E-state index in [0.717, 1.165) is 28.2 Å². The van der Waals surface area contributed by atoms with Crippen molar-refractivity contribution < 1.29 is 9.84 Å². The molecule has 0 aliphatic carbocycles. The van der Waals surface area contributed by atoms with Gasteiger partial charge in [0.2, 0.25) is 0 Å². The van der Waals surface area contributed by atoms with Crippen LogP contribution in [0.1, 0.15) is 22.8 Å². The second-order valence-electron chi connectivity index (χ2n) is 4.47. The highest BCUT2D eigenvalue weighted by Gasteiger charge is 2.21. The number of fused-ring (bicyclic) bond motifs is 2. The average molecular weight is 226 g/mol. The van der Waals surface area contributed by atoms with Gasteiger partial charge < -0.3 is 9.84 Å². The second kappa shape index (κ2) is 3.90. The zero-order chi connectivity index (χ0) is 11.8. The quantitative estimate of drug-likeness (QED) is 0.746. The molecule has 3 rings (SSSR count). The van der Waals surface area contributed by atoms with Crippen LogP contribution in [-0.4, -0.2) is 5.11 Å². The van der Waals surface area contributed by atoms with Crippen molar-refractivity contribution in [2.24, 2.45) is 0 Å². The van der Waals surface area contributed by atoms with E-state index in [4.69, 9.17) is 4.74 Å². The fourth-order valence-corrected chi connectivity index (χ4v) is 2.23. The molecule has 0 amide bonds. The standard InChI is InChI=1S/C15H14O2/c1-10-6-7-15-12(8-10)13(16)9-11-4-2-3-5-14(11)17-15/h2-8,13,16H,9H2,1H3. The Balaban J connectivity index is 2.14. The van der Waals surface area contributed by atoms with Crippen molar-refractivity contribution in [3.8, 4) is 11.5 Å². The molecule has 0 fully saturated rings. The molecule has 1 aliphatic rings. The third-order valence-corrected chi connectivity index (χ3v) is 3.13. The molecule has 0 saturated heterocycles. The van der Waals surface area contributed by atoms with Crippen LogP contribution in [0, 0.1) is 6.92 Å². The number of aryl methyl sites for hydroxylation is 1. The summed E-state index contributed by atoms with van der Waals surface area (Å²) in [4.78, 5) is 0. The number of hydrogen-bond donors (Lipinski definition) is 1. The molecular weight excluding hydrogens is 212 g/mol. The van der Waals surface area contributed by atoms with Crippen molar-refractivity contribution in [3.05, 3.63) is 59.2 Å². The summed E-state index contributed by atoms with van der Waals surface area (Å²) in [5.41, 5.74) is 3.06. The number of aliphatic hydroxyl groups excluding tert-OH is 1. The zero-order valence-corrected chi connectivity index (χ0v) is 9.68. The van der Waals surface area contributed by atoms with Crippen LogP contribution in [0.5, 0.6) is 11.5 Å². The maximum absolute atomic E-state index is 10.2. The summed E-state index contributed by atoms with van der Waals surface area (Å²) in [5.74, 6) is 1.60. The highest BCUT2D eigenvalue weighted by atomic mass is 16.5. The van der Waals surface area contributed by atoms with Crippen molar-refractivity contribution in [1.82, 2.24) is 0 Å². The summed E-state index contributed by atoms with van der Waals surface area (Å²) in [7, 11) is 0. The Morgan fingerprint density at radius 1 is 1.12 bits per heavy atom. The van der Waals surface area contributed by atoms with Gasteiger partial charge in [-0.05, 0) is 30.7 Å². The molecule has 1 atom stereocenters. The van der Waals surface area contributed by atoms with Gasteiger partial charge in [0.1, 0.15) is 11.5 Å². The Labute approximate surface area is 100 Å². The van der Waals surface area contributed by atoms with Crippen LogP contribution in [0.2, 0.25) is 0 Å². The molecule has 0 spiro atoms. The number of rotatable bonds is 0. The number of ether oxygens (including phenoxy) is 1. The highest BCUT2D eigenvalue weighted by molar-refractivity contribution is 5.47. The van der Waals surface area contributed by atoms with E-state index >= 15 is 0 Å². The maximum Gasteiger partial charge on any atom is 0.133 e. The molecule has 86 valence electrons. The maximum atomic E-state index is 10.2. The average Bonchev–Trinajstić information content (AvgIpc) is 2.46. The first kappa shape index (κ1) is 10.4. The third kappa shape index (κ3) is 1.81. The molecule has 17 heavy (non-hydrogen) atoms. The first-order chi connectivity index (χ1) is 8.24. The lowest BCUT2D eigenvalue weighted by Gasteiger charge is -2.11. The molecule has 1 aliphatic heterocycles. The Kier molecular flexibility index (Phi) is 2.37. The van der Waals surface area contributed by atoms with Gasteiger partial charge in [0, 0.05) is 12.0 Å². The zero-order valence-electron chi connectivity index (χ0n) is 9.68. The first-order valence-corrected chi connectivity index (χ1v) is 5.78. The monoisotopic (exact) mass is 226 g/mol. The highest BCUT2D eigenvalue weighted by Crippen LogP contribution is 2.38. The molecule has 1 N–H and O–H groups in total. The van der Waals surface area contributed by atoms with Crippen LogP contribution < -0.4 is 4.74 Å². The molecule has 1 unspecified atom stereocenters. The fourth-order valence-electron chi connectivity index (χ4n) is 2.23. The minimum absolute atomic E-state index is 0.492. The van der Waals surface area contributed by atoms with Crippen LogP contribution in [-0.2, 0) is 6.42 Å². The fraction of sp³-hybridized carbons (Fsp3) is 0.200.